The van der Waals surface area contributed by atoms with Crippen molar-refractivity contribution >= 4 is 11.9 Å². The number of aromatic hydroxyl groups is 1. The zero-order valence-electron chi connectivity index (χ0n) is 21.0. The lowest BCUT2D eigenvalue weighted by atomic mass is 10.0. The fourth-order valence-electron chi connectivity index (χ4n) is 3.98. The Hall–Kier alpha value is -2.80. The maximum absolute atomic E-state index is 10.3. The second-order valence-corrected chi connectivity index (χ2v) is 9.08. The van der Waals surface area contributed by atoms with Crippen LogP contribution in [0.5, 0.6) is 11.5 Å². The molecule has 0 heterocycles. The molecule has 4 nitrogen and oxygen atoms in total. The average Bonchev–Trinajstić information content (AvgIpc) is 2.86. The molecule has 0 atom stereocenters. The number of benzene rings is 2. The topological polar surface area (TPSA) is 65.6 Å². The van der Waals surface area contributed by atoms with Gasteiger partial charge in [-0.15, -0.1) is 0 Å². The van der Waals surface area contributed by atoms with Crippen molar-refractivity contribution in [3.05, 3.63) is 53.6 Å². The minimum atomic E-state index is 0.149. The molecule has 0 aliphatic heterocycles. The third kappa shape index (κ3) is 11.9. The van der Waals surface area contributed by atoms with E-state index in [4.69, 9.17) is 10.00 Å². The number of nitrogens with zero attached hydrogens (tertiary/aromatic N) is 2. The summed E-state index contributed by atoms with van der Waals surface area (Å²) in [6.07, 6.45) is 20.4. The highest BCUT2D eigenvalue weighted by Crippen LogP contribution is 2.24. The van der Waals surface area contributed by atoms with Crippen LogP contribution in [0.15, 0.2) is 47.5 Å². The minimum Gasteiger partial charge on any atom is -0.507 e. The van der Waals surface area contributed by atoms with Gasteiger partial charge in [-0.2, -0.15) is 5.26 Å². The number of hydrogen-bond donors (Lipinski definition) is 1. The molecule has 0 bridgehead atoms. The Morgan fingerprint density at radius 1 is 0.794 bits per heavy atom. The second-order valence-electron chi connectivity index (χ2n) is 9.08. The van der Waals surface area contributed by atoms with Gasteiger partial charge in [-0.25, -0.2) is 0 Å². The Labute approximate surface area is 206 Å². The van der Waals surface area contributed by atoms with E-state index in [1.807, 2.05) is 12.1 Å². The molecule has 0 saturated carbocycles. The van der Waals surface area contributed by atoms with E-state index in [-0.39, 0.29) is 5.75 Å². The van der Waals surface area contributed by atoms with Crippen LogP contribution in [0.4, 0.5) is 5.69 Å². The van der Waals surface area contributed by atoms with Crippen molar-refractivity contribution in [2.24, 2.45) is 4.99 Å². The highest BCUT2D eigenvalue weighted by molar-refractivity contribution is 5.85. The smallest absolute Gasteiger partial charge is 0.128 e. The highest BCUT2D eigenvalue weighted by atomic mass is 16.5. The van der Waals surface area contributed by atoms with E-state index in [2.05, 4.69) is 18.0 Å². The molecule has 0 saturated heterocycles. The predicted molar refractivity (Wildman–Crippen MR) is 142 cm³/mol. The third-order valence-electron chi connectivity index (χ3n) is 6.12. The number of unbranched alkanes of at least 4 members (excludes halogenated alkanes) is 13. The van der Waals surface area contributed by atoms with Gasteiger partial charge in [0, 0.05) is 17.8 Å². The molecule has 0 aliphatic rings. The van der Waals surface area contributed by atoms with Crippen molar-refractivity contribution in [3.63, 3.8) is 0 Å². The Bertz CT molecular complexity index is 868. The molecule has 0 radical (unpaired) electrons. The largest absolute Gasteiger partial charge is 0.507 e. The van der Waals surface area contributed by atoms with E-state index in [1.165, 1.54) is 83.5 Å². The minimum absolute atomic E-state index is 0.149. The molecule has 34 heavy (non-hydrogen) atoms. The average molecular weight is 463 g/mol. The third-order valence-corrected chi connectivity index (χ3v) is 6.12. The Kier molecular flexibility index (Phi) is 14.2. The van der Waals surface area contributed by atoms with Gasteiger partial charge in [-0.3, -0.25) is 4.99 Å². The Morgan fingerprint density at radius 3 is 1.88 bits per heavy atom. The van der Waals surface area contributed by atoms with Crippen LogP contribution in [-0.4, -0.2) is 17.9 Å². The Balaban J connectivity index is 1.51. The summed E-state index contributed by atoms with van der Waals surface area (Å²) in [5, 5.41) is 19.1. The van der Waals surface area contributed by atoms with E-state index >= 15 is 0 Å². The molecule has 0 spiro atoms. The number of nitriles is 1. The molecule has 0 unspecified atom stereocenters. The number of aliphatic imine (C=N–C) groups is 1. The predicted octanol–water partition coefficient (Wildman–Crippen LogP) is 8.87. The monoisotopic (exact) mass is 462 g/mol. The quantitative estimate of drug-likeness (QED) is 0.178. The molecule has 0 amide bonds. The van der Waals surface area contributed by atoms with Gasteiger partial charge in [0.05, 0.1) is 23.9 Å². The number of rotatable bonds is 18. The van der Waals surface area contributed by atoms with E-state index in [1.54, 1.807) is 36.5 Å². The first kappa shape index (κ1) is 27.4. The lowest BCUT2D eigenvalue weighted by molar-refractivity contribution is 0.302. The first-order chi connectivity index (χ1) is 16.7. The number of phenols is 1. The molecule has 2 aromatic rings. The lowest BCUT2D eigenvalue weighted by Gasteiger charge is -2.08. The first-order valence-corrected chi connectivity index (χ1v) is 13.2. The van der Waals surface area contributed by atoms with Crippen LogP contribution in [0.25, 0.3) is 0 Å². The fourth-order valence-corrected chi connectivity index (χ4v) is 3.98. The van der Waals surface area contributed by atoms with Crippen molar-refractivity contribution in [1.82, 2.24) is 0 Å². The van der Waals surface area contributed by atoms with Crippen LogP contribution in [0.3, 0.4) is 0 Å². The van der Waals surface area contributed by atoms with Crippen LogP contribution >= 0.6 is 0 Å². The van der Waals surface area contributed by atoms with Crippen LogP contribution < -0.4 is 4.74 Å². The number of ether oxygens (including phenoxy) is 1. The molecule has 0 aliphatic carbocycles. The van der Waals surface area contributed by atoms with Gasteiger partial charge >= 0.3 is 0 Å². The van der Waals surface area contributed by atoms with Crippen LogP contribution in [0.2, 0.25) is 0 Å². The molecule has 1 N–H and O–H groups in total. The van der Waals surface area contributed by atoms with Crippen molar-refractivity contribution < 1.29 is 9.84 Å². The van der Waals surface area contributed by atoms with Gasteiger partial charge in [-0.1, -0.05) is 90.4 Å². The zero-order chi connectivity index (χ0) is 24.3. The second kappa shape index (κ2) is 17.6. The van der Waals surface area contributed by atoms with Gasteiger partial charge in [0.2, 0.25) is 0 Å². The van der Waals surface area contributed by atoms with Crippen molar-refractivity contribution in [2.75, 3.05) is 6.61 Å². The summed E-state index contributed by atoms with van der Waals surface area (Å²) < 4.78 is 5.80. The van der Waals surface area contributed by atoms with Gasteiger partial charge in [0.25, 0.3) is 0 Å². The molecule has 4 heteroatoms. The first-order valence-electron chi connectivity index (χ1n) is 13.2. The van der Waals surface area contributed by atoms with Crippen LogP contribution in [0.1, 0.15) is 108 Å². The molecule has 0 aromatic heterocycles. The standard InChI is InChI=1S/C30H42N2O2/c1-2-3-4-5-6-7-8-9-10-11-12-13-14-15-22-34-29-21-18-27(30(33)23-29)25-32-28-19-16-26(24-31)17-20-28/h16-21,23,25,33H,2-15,22H2,1H3. The van der Waals surface area contributed by atoms with E-state index in [0.717, 1.165) is 12.1 Å². The van der Waals surface area contributed by atoms with E-state index in [9.17, 15) is 5.11 Å². The van der Waals surface area contributed by atoms with Crippen molar-refractivity contribution in [1.29, 1.82) is 5.26 Å². The van der Waals surface area contributed by atoms with Crippen molar-refractivity contribution in [2.45, 2.75) is 96.8 Å². The normalized spacial score (nSPS) is 11.1. The van der Waals surface area contributed by atoms with Gasteiger partial charge in [0.1, 0.15) is 11.5 Å². The maximum Gasteiger partial charge on any atom is 0.128 e. The molecule has 0 fully saturated rings. The lowest BCUT2D eigenvalue weighted by Crippen LogP contribution is -1.97. The summed E-state index contributed by atoms with van der Waals surface area (Å²) in [7, 11) is 0. The SMILES string of the molecule is CCCCCCCCCCCCCCCCOc1ccc(C=Nc2ccc(C#N)cc2)c(O)c1. The summed E-state index contributed by atoms with van der Waals surface area (Å²) in [4.78, 5) is 4.35. The summed E-state index contributed by atoms with van der Waals surface area (Å²) in [5.41, 5.74) is 1.96. The molecule has 2 rings (SSSR count). The van der Waals surface area contributed by atoms with Gasteiger partial charge in [0.15, 0.2) is 0 Å². The zero-order valence-corrected chi connectivity index (χ0v) is 21.0. The molecular weight excluding hydrogens is 420 g/mol. The summed E-state index contributed by atoms with van der Waals surface area (Å²) in [5.74, 6) is 0.832. The highest BCUT2D eigenvalue weighted by Gasteiger charge is 2.02. The van der Waals surface area contributed by atoms with E-state index in [0.29, 0.717) is 23.5 Å². The van der Waals surface area contributed by atoms with Gasteiger partial charge in [-0.05, 0) is 42.8 Å². The summed E-state index contributed by atoms with van der Waals surface area (Å²) in [6, 6.07) is 14.4. The van der Waals surface area contributed by atoms with E-state index < -0.39 is 0 Å². The molecule has 184 valence electrons. The van der Waals surface area contributed by atoms with Crippen molar-refractivity contribution in [3.8, 4) is 17.6 Å². The summed E-state index contributed by atoms with van der Waals surface area (Å²) in [6.45, 7) is 2.95. The number of hydrogen-bond acceptors (Lipinski definition) is 4. The van der Waals surface area contributed by atoms with Crippen LogP contribution in [-0.2, 0) is 0 Å². The van der Waals surface area contributed by atoms with Gasteiger partial charge < -0.3 is 9.84 Å². The van der Waals surface area contributed by atoms with Crippen LogP contribution in [0, 0.1) is 11.3 Å². The molecule has 2 aromatic carbocycles. The molecular formula is C30H42N2O2. The number of phenolic OH excluding ortho intramolecular Hbond substituents is 1. The Morgan fingerprint density at radius 2 is 1.35 bits per heavy atom. The summed E-state index contributed by atoms with van der Waals surface area (Å²) >= 11 is 0. The maximum atomic E-state index is 10.3. The fraction of sp³-hybridized carbons (Fsp3) is 0.533.